The number of carbonyl (C=O) groups excluding carboxylic acids is 5. The molecule has 0 saturated carbocycles. The number of nitrogens with one attached hydrogen (secondary N) is 2. The third-order valence-corrected chi connectivity index (χ3v) is 28.7. The third-order valence-electron chi connectivity index (χ3n) is 23.8. The summed E-state index contributed by atoms with van der Waals surface area (Å²) in [5, 5.41) is 33.0. The van der Waals surface area contributed by atoms with Crippen molar-refractivity contribution in [3.63, 3.8) is 0 Å². The summed E-state index contributed by atoms with van der Waals surface area (Å²) in [6, 6.07) is 82.6. The molecule has 2 atom stereocenters. The van der Waals surface area contributed by atoms with E-state index in [1.54, 1.807) is 44.2 Å². The summed E-state index contributed by atoms with van der Waals surface area (Å²) >= 11 is 4.19. The molecule has 0 aliphatic carbocycles. The van der Waals surface area contributed by atoms with Gasteiger partial charge < -0.3 is 50.0 Å². The number of hydrogen-bond acceptors (Lipinski definition) is 12. The Labute approximate surface area is 804 Å². The Kier molecular flexibility index (Phi) is 44.3. The van der Waals surface area contributed by atoms with Crippen LogP contribution in [0.3, 0.4) is 0 Å². The van der Waals surface area contributed by atoms with Crippen LogP contribution in [0, 0.1) is 52.4 Å². The minimum Gasteiger partial charge on any atom is -0.525 e. The number of rotatable bonds is 22. The van der Waals surface area contributed by atoms with Crippen molar-refractivity contribution in [1.82, 2.24) is 20.9 Å². The van der Waals surface area contributed by atoms with Gasteiger partial charge in [0.2, 0.25) is 0 Å². The Balaban J connectivity index is 0.000000261. The maximum atomic E-state index is 13.9. The first kappa shape index (κ1) is 111. The van der Waals surface area contributed by atoms with E-state index in [0.717, 1.165) is 78.9 Å². The van der Waals surface area contributed by atoms with Crippen molar-refractivity contribution in [1.29, 1.82) is 0 Å². The number of nitrogens with zero attached hydrogens (tertiary/aromatic N) is 2. The number of phenolic OH excluding ortho intramolecular Hbond substituents is 2. The van der Waals surface area contributed by atoms with Crippen molar-refractivity contribution in [2.75, 3.05) is 13.2 Å². The van der Waals surface area contributed by atoms with Crippen LogP contribution in [0.25, 0.3) is 0 Å². The van der Waals surface area contributed by atoms with Crippen molar-refractivity contribution < 1.29 is 77.0 Å². The largest absolute Gasteiger partial charge is 0.525 e. The molecule has 3 heterocycles. The molecule has 701 valence electrons. The van der Waals surface area contributed by atoms with Gasteiger partial charge in [-0.1, -0.05) is 309 Å². The number of carbonyl (C=O) groups is 4. The van der Waals surface area contributed by atoms with E-state index in [1.807, 2.05) is 119 Å². The smallest absolute Gasteiger partial charge is 0.457 e. The molecule has 3 fully saturated rings. The monoisotopic (exact) mass is 1920 g/mol. The van der Waals surface area contributed by atoms with Crippen LogP contribution in [0.5, 0.6) is 11.5 Å². The first-order valence-electron chi connectivity index (χ1n) is 45.3. The Hall–Kier alpha value is -9.21. The van der Waals surface area contributed by atoms with Gasteiger partial charge in [0.25, 0.3) is 23.6 Å². The summed E-state index contributed by atoms with van der Waals surface area (Å²) in [6.45, 7) is 49.9. The minimum absolute atomic E-state index is 0. The van der Waals surface area contributed by atoms with Crippen molar-refractivity contribution in [2.24, 2.45) is 10.8 Å². The van der Waals surface area contributed by atoms with Gasteiger partial charge in [-0.25, -0.2) is 10.0 Å². The first-order chi connectivity index (χ1) is 61.5. The number of ether oxygens (including phenoxy) is 1. The number of aromatic hydroxyl groups is 2. The molecule has 3 aliphatic rings. The van der Waals surface area contributed by atoms with Gasteiger partial charge >= 0.3 is 14.8 Å². The van der Waals surface area contributed by atoms with E-state index in [0.29, 0.717) is 65.8 Å². The summed E-state index contributed by atoms with van der Waals surface area (Å²) in [5.74, 6) is -0.176. The second-order valence-corrected chi connectivity index (χ2v) is 42.0. The van der Waals surface area contributed by atoms with Crippen LogP contribution in [0.1, 0.15) is 242 Å². The fourth-order valence-corrected chi connectivity index (χ4v) is 20.0. The molecule has 3 aliphatic heterocycles. The van der Waals surface area contributed by atoms with Crippen molar-refractivity contribution >= 4 is 103 Å². The van der Waals surface area contributed by atoms with Crippen molar-refractivity contribution in [3.8, 4) is 11.5 Å². The SMILES string of the molecule is C1CCOC1.C=CCc1ccc(C(=O)NN(C(=O)c2cc(C)cc(C)c2)[C@H](CCC)C(C)(C)C)c(C)c1O.CC1(C)OBOC1(C)C.CCC[C@@H](N(NC(=O)c1ccc(CCCB2OC(C)(C)C(C)(C)O2)c(O)c1C)C(=O)c1cc(C)cc(C)c1)C(C)(C)C.O=[C-]Cl.[Rh].c1ccc(P(c2ccccc2)c2ccccc2)cc1.c1ccc(P(c2ccccc2)c2ccccc2)cc1. The molecule has 0 aromatic heterocycles. The molecule has 22 heteroatoms. The second kappa shape index (κ2) is 52.5. The average Bonchev–Trinajstić information content (AvgIpc) is 1.63. The zero-order valence-corrected chi connectivity index (χ0v) is 85.5. The average molecular weight is 1920 g/mol. The molecule has 3 saturated heterocycles. The number of aryl methyl sites for hydroxylation is 5. The Morgan fingerprint density at radius 2 is 0.779 bits per heavy atom. The number of hydrazine groups is 2. The van der Waals surface area contributed by atoms with Crippen molar-refractivity contribution in [2.45, 2.75) is 251 Å². The van der Waals surface area contributed by atoms with E-state index >= 15 is 0 Å². The van der Waals surface area contributed by atoms with Crippen LogP contribution in [-0.4, -0.2) is 112 Å². The molecule has 16 nitrogen and oxygen atoms in total. The van der Waals surface area contributed by atoms with Gasteiger partial charge in [0.15, 0.2) is 0 Å². The van der Waals surface area contributed by atoms with E-state index in [4.69, 9.17) is 28.1 Å². The van der Waals surface area contributed by atoms with Crippen LogP contribution >= 0.6 is 27.4 Å². The Morgan fingerprint density at radius 1 is 0.489 bits per heavy atom. The Bertz CT molecular complexity index is 4850. The molecule has 4 amide bonds. The summed E-state index contributed by atoms with van der Waals surface area (Å²) in [5.41, 5.74) is 12.4. The summed E-state index contributed by atoms with van der Waals surface area (Å²) in [6.07, 6.45) is 10.0. The van der Waals surface area contributed by atoms with Gasteiger partial charge in [-0.2, -0.15) is 5.75 Å². The van der Waals surface area contributed by atoms with Gasteiger partial charge in [-0.15, -0.1) is 6.58 Å². The topological polar surface area (TPSA) is 202 Å². The molecule has 10 aromatic carbocycles. The molecule has 10 aromatic rings. The standard InChI is InChI=1S/C34H51BN2O5.C28H38N2O3.2C18H15P.C6H13BO2.C4H8O.CClO.Rh/c1-12-14-28(32(5,6)7)37(31(40)26-20-22(2)19-23(3)21-26)36-30(39)27-17-16-25(29(38)24(27)4)15-13-18-35-41-33(8,9)34(10,11)42-35;1-9-11-21-13-14-23(20(5)25(21)31)26(32)29-30(24(12-10-2)28(6,7)8)27(33)22-16-18(3)15-19(4)17-22;2*1-4-10-16(11-5-1)19(17-12-6-2-7-13-17)18-14-8-3-9-15-18;1-5(2)6(3,4)9-7-8-5;1-2-4-5-3-1;2-1-3;/h16-17,19-21,28,38H,12-15,18H2,1-11H3,(H,36,39);9,13-17,24,31H,1,10-12H2,2-8H3,(H,29,32);2*1-15H;7H,1-4H3;1-4H2;;/q;;;;;;-1;/t28-;24-;;;;;;/m11....../s1. The molecular formula is C109H140B2ClN4O12P2Rh-. The van der Waals surface area contributed by atoms with E-state index in [1.165, 1.54) is 54.7 Å². The van der Waals surface area contributed by atoms with E-state index < -0.39 is 27.7 Å². The molecule has 1 radical (unpaired) electrons. The molecular weight excluding hydrogens is 1780 g/mol. The minimum atomic E-state index is -0.446. The Morgan fingerprint density at radius 3 is 1.03 bits per heavy atom. The van der Waals surface area contributed by atoms with Crippen LogP contribution in [0.2, 0.25) is 6.32 Å². The first-order valence-corrected chi connectivity index (χ1v) is 48.4. The maximum Gasteiger partial charge on any atom is 0.457 e. The number of halogens is 1. The molecule has 0 bridgehead atoms. The fourth-order valence-electron chi connectivity index (χ4n) is 15.4. The van der Waals surface area contributed by atoms with Gasteiger partial charge in [0.1, 0.15) is 11.5 Å². The van der Waals surface area contributed by atoms with Gasteiger partial charge in [0, 0.05) is 66.1 Å². The van der Waals surface area contributed by atoms with Crippen LogP contribution in [0.15, 0.2) is 255 Å². The predicted octanol–water partition coefficient (Wildman–Crippen LogP) is 22.2. The van der Waals surface area contributed by atoms with Crippen LogP contribution in [-0.2, 0) is 60.5 Å². The van der Waals surface area contributed by atoms with E-state index in [2.05, 4.69) is 266 Å². The number of hydrogen-bond donors (Lipinski definition) is 4. The zero-order valence-electron chi connectivity index (χ0n) is 81.3. The number of allylic oxidation sites excluding steroid dienone is 1. The van der Waals surface area contributed by atoms with E-state index in [9.17, 15) is 29.4 Å². The number of benzene rings is 10. The molecule has 0 unspecified atom stereocenters. The maximum absolute atomic E-state index is 13.9. The van der Waals surface area contributed by atoms with Gasteiger partial charge in [-0.3, -0.25) is 30.0 Å². The molecule has 131 heavy (non-hydrogen) atoms. The third kappa shape index (κ3) is 32.6. The quantitative estimate of drug-likeness (QED) is 0.0125. The fraction of sp³-hybridized carbons (Fsp3) is 0.385. The number of amides is 4. The van der Waals surface area contributed by atoms with Crippen LogP contribution in [0.4, 0.5) is 0 Å². The normalized spacial score (nSPS) is 14.6. The molecule has 13 rings (SSSR count). The second-order valence-electron chi connectivity index (χ2n) is 37.4. The predicted molar refractivity (Wildman–Crippen MR) is 544 cm³/mol. The molecule has 4 N–H and O–H groups in total. The van der Waals surface area contributed by atoms with Gasteiger partial charge in [0.05, 0.1) is 34.5 Å². The zero-order chi connectivity index (χ0) is 95.7. The summed E-state index contributed by atoms with van der Waals surface area (Å²) < 4.78 is 27.8. The van der Waals surface area contributed by atoms with Crippen LogP contribution < -0.4 is 42.7 Å². The summed E-state index contributed by atoms with van der Waals surface area (Å²) in [4.78, 5) is 63.2. The number of phenols is 2. The van der Waals surface area contributed by atoms with Gasteiger partial charge in [-0.05, 0) is 248 Å². The van der Waals surface area contributed by atoms with Crippen molar-refractivity contribution in [3.05, 3.63) is 322 Å². The summed E-state index contributed by atoms with van der Waals surface area (Å²) in [7, 11) is -0.750. The van der Waals surface area contributed by atoms with E-state index in [-0.39, 0.29) is 95.2 Å². The molecule has 0 spiro atoms.